The largest absolute Gasteiger partial charge is 0.396 e. The summed E-state index contributed by atoms with van der Waals surface area (Å²) in [5.74, 6) is 0.836. The fraction of sp³-hybridized carbons (Fsp3) is 0.667. The van der Waals surface area contributed by atoms with Gasteiger partial charge < -0.3 is 20.5 Å². The van der Waals surface area contributed by atoms with Gasteiger partial charge in [-0.25, -0.2) is 0 Å². The molecule has 1 saturated carbocycles. The lowest BCUT2D eigenvalue weighted by molar-refractivity contribution is 0.127. The van der Waals surface area contributed by atoms with Crippen LogP contribution in [-0.4, -0.2) is 51.0 Å². The number of aliphatic hydroxyl groups is 1. The lowest BCUT2D eigenvalue weighted by Crippen LogP contribution is -2.48. The molecule has 150 valence electrons. The molecule has 1 aliphatic heterocycles. The molecule has 1 heterocycles. The maximum atomic E-state index is 9.41. The molecule has 1 aromatic carbocycles. The van der Waals surface area contributed by atoms with Crippen LogP contribution in [0.5, 0.6) is 0 Å². The highest BCUT2D eigenvalue weighted by Crippen LogP contribution is 2.41. The zero-order valence-corrected chi connectivity index (χ0v) is 17.9. The van der Waals surface area contributed by atoms with Gasteiger partial charge in [0.1, 0.15) is 0 Å². The molecule has 0 aromatic heterocycles. The standard InChI is InChI=1S/C21H32BrN3O2/c1-23-19(24-14-20(10-12-26)11-13-27-16-20)25-15-21(8-2-3-9-21)17-4-6-18(22)7-5-17/h4-7,26H,2-3,8-16H2,1H3,(H2,23,24,25). The molecule has 1 aliphatic carbocycles. The summed E-state index contributed by atoms with van der Waals surface area (Å²) in [6.07, 6.45) is 6.73. The van der Waals surface area contributed by atoms with E-state index in [2.05, 4.69) is 55.8 Å². The fourth-order valence-corrected chi connectivity index (χ4v) is 4.74. The molecule has 27 heavy (non-hydrogen) atoms. The number of aliphatic hydroxyl groups excluding tert-OH is 1. The van der Waals surface area contributed by atoms with E-state index < -0.39 is 0 Å². The van der Waals surface area contributed by atoms with Crippen LogP contribution in [-0.2, 0) is 10.2 Å². The van der Waals surface area contributed by atoms with Gasteiger partial charge in [0.15, 0.2) is 5.96 Å². The van der Waals surface area contributed by atoms with Crippen LogP contribution < -0.4 is 10.6 Å². The predicted molar refractivity (Wildman–Crippen MR) is 113 cm³/mol. The van der Waals surface area contributed by atoms with Crippen LogP contribution in [0.25, 0.3) is 0 Å². The zero-order valence-electron chi connectivity index (χ0n) is 16.3. The zero-order chi connectivity index (χ0) is 19.2. The van der Waals surface area contributed by atoms with Crippen LogP contribution in [0.2, 0.25) is 0 Å². The minimum atomic E-state index is 0.0170. The monoisotopic (exact) mass is 437 g/mol. The highest BCUT2D eigenvalue weighted by Gasteiger charge is 2.37. The van der Waals surface area contributed by atoms with Crippen molar-refractivity contribution in [2.45, 2.75) is 43.9 Å². The lowest BCUT2D eigenvalue weighted by atomic mass is 9.79. The van der Waals surface area contributed by atoms with Crippen molar-refractivity contribution in [1.29, 1.82) is 0 Å². The smallest absolute Gasteiger partial charge is 0.191 e. The van der Waals surface area contributed by atoms with Crippen LogP contribution in [0.15, 0.2) is 33.7 Å². The Labute approximate surface area is 171 Å². The summed E-state index contributed by atoms with van der Waals surface area (Å²) in [4.78, 5) is 4.42. The molecule has 1 unspecified atom stereocenters. The number of hydrogen-bond donors (Lipinski definition) is 3. The van der Waals surface area contributed by atoms with Crippen molar-refractivity contribution < 1.29 is 9.84 Å². The summed E-state index contributed by atoms with van der Waals surface area (Å²) in [5.41, 5.74) is 1.60. The van der Waals surface area contributed by atoms with Gasteiger partial charge in [-0.15, -0.1) is 0 Å². The van der Waals surface area contributed by atoms with Gasteiger partial charge in [-0.3, -0.25) is 4.99 Å². The molecule has 5 nitrogen and oxygen atoms in total. The summed E-state index contributed by atoms with van der Waals surface area (Å²) in [7, 11) is 1.82. The molecule has 0 amide bonds. The molecule has 3 rings (SSSR count). The number of rotatable bonds is 7. The predicted octanol–water partition coefficient (Wildman–Crippen LogP) is 3.22. The Morgan fingerprint density at radius 3 is 2.44 bits per heavy atom. The Hall–Kier alpha value is -1.11. The van der Waals surface area contributed by atoms with E-state index in [1.165, 1.54) is 31.2 Å². The highest BCUT2D eigenvalue weighted by molar-refractivity contribution is 9.10. The van der Waals surface area contributed by atoms with Gasteiger partial charge in [0, 0.05) is 48.7 Å². The maximum absolute atomic E-state index is 9.41. The van der Waals surface area contributed by atoms with Crippen LogP contribution in [0.3, 0.4) is 0 Å². The van der Waals surface area contributed by atoms with E-state index in [4.69, 9.17) is 4.74 Å². The normalized spacial score (nSPS) is 24.9. The summed E-state index contributed by atoms with van der Waals surface area (Å²) in [5, 5.41) is 16.5. The van der Waals surface area contributed by atoms with Crippen molar-refractivity contribution in [3.8, 4) is 0 Å². The maximum Gasteiger partial charge on any atom is 0.191 e. The van der Waals surface area contributed by atoms with Crippen molar-refractivity contribution in [3.05, 3.63) is 34.3 Å². The van der Waals surface area contributed by atoms with Crippen LogP contribution in [0.1, 0.15) is 44.1 Å². The fourth-order valence-electron chi connectivity index (χ4n) is 4.48. The van der Waals surface area contributed by atoms with E-state index in [0.717, 1.165) is 43.0 Å². The van der Waals surface area contributed by atoms with Crippen LogP contribution >= 0.6 is 15.9 Å². The third-order valence-electron chi connectivity index (χ3n) is 6.29. The number of guanidine groups is 1. The molecular weight excluding hydrogens is 406 g/mol. The molecule has 0 radical (unpaired) electrons. The minimum absolute atomic E-state index is 0.0170. The van der Waals surface area contributed by atoms with Gasteiger partial charge in [-0.1, -0.05) is 40.9 Å². The first kappa shape index (κ1) is 20.6. The summed E-state index contributed by atoms with van der Waals surface area (Å²) >= 11 is 3.54. The summed E-state index contributed by atoms with van der Waals surface area (Å²) < 4.78 is 6.71. The molecule has 6 heteroatoms. The summed E-state index contributed by atoms with van der Waals surface area (Å²) in [6, 6.07) is 8.78. The molecule has 0 spiro atoms. The topological polar surface area (TPSA) is 65.9 Å². The third-order valence-corrected chi connectivity index (χ3v) is 6.82. The molecule has 3 N–H and O–H groups in total. The van der Waals surface area contributed by atoms with Crippen LogP contribution in [0, 0.1) is 5.41 Å². The number of halogens is 1. The second-order valence-electron chi connectivity index (χ2n) is 8.05. The van der Waals surface area contributed by atoms with Gasteiger partial charge in [-0.2, -0.15) is 0 Å². The SMILES string of the molecule is CN=C(NCC1(CCO)CCOC1)NCC1(c2ccc(Br)cc2)CCCC1. The molecule has 1 aromatic rings. The van der Waals surface area contributed by atoms with Crippen LogP contribution in [0.4, 0.5) is 0 Å². The minimum Gasteiger partial charge on any atom is -0.396 e. The van der Waals surface area contributed by atoms with Gasteiger partial charge in [0.2, 0.25) is 0 Å². The van der Waals surface area contributed by atoms with Crippen molar-refractivity contribution in [1.82, 2.24) is 10.6 Å². The summed E-state index contributed by atoms with van der Waals surface area (Å²) in [6.45, 7) is 3.35. The molecular formula is C21H32BrN3O2. The quantitative estimate of drug-likeness (QED) is 0.452. The molecule has 1 saturated heterocycles. The number of nitrogens with one attached hydrogen (secondary N) is 2. The number of aliphatic imine (C=N–C) groups is 1. The van der Waals surface area contributed by atoms with Gasteiger partial charge >= 0.3 is 0 Å². The van der Waals surface area contributed by atoms with Crippen molar-refractivity contribution >= 4 is 21.9 Å². The van der Waals surface area contributed by atoms with E-state index in [-0.39, 0.29) is 17.4 Å². The number of ether oxygens (including phenoxy) is 1. The van der Waals surface area contributed by atoms with Crippen molar-refractivity contribution in [2.75, 3.05) is 40.0 Å². The number of nitrogens with zero attached hydrogens (tertiary/aromatic N) is 1. The lowest BCUT2D eigenvalue weighted by Gasteiger charge is -2.32. The van der Waals surface area contributed by atoms with Crippen molar-refractivity contribution in [3.63, 3.8) is 0 Å². The average molecular weight is 438 g/mol. The number of hydrogen-bond acceptors (Lipinski definition) is 3. The van der Waals surface area contributed by atoms with Gasteiger partial charge in [0.25, 0.3) is 0 Å². The first-order valence-corrected chi connectivity index (χ1v) is 10.8. The first-order valence-electron chi connectivity index (χ1n) is 10.0. The van der Waals surface area contributed by atoms with E-state index in [1.807, 2.05) is 7.05 Å². The Morgan fingerprint density at radius 2 is 1.85 bits per heavy atom. The van der Waals surface area contributed by atoms with E-state index in [9.17, 15) is 5.11 Å². The molecule has 1 atom stereocenters. The Kier molecular flexibility index (Phi) is 7.17. The Bertz CT molecular complexity index is 621. The highest BCUT2D eigenvalue weighted by atomic mass is 79.9. The van der Waals surface area contributed by atoms with Gasteiger partial charge in [-0.05, 0) is 43.4 Å². The Balaban J connectivity index is 1.61. The molecule has 2 aliphatic rings. The third kappa shape index (κ3) is 5.04. The second-order valence-corrected chi connectivity index (χ2v) is 8.97. The molecule has 0 bridgehead atoms. The average Bonchev–Trinajstić information content (AvgIpc) is 3.34. The van der Waals surface area contributed by atoms with E-state index in [1.54, 1.807) is 0 Å². The Morgan fingerprint density at radius 1 is 1.15 bits per heavy atom. The van der Waals surface area contributed by atoms with E-state index in [0.29, 0.717) is 6.61 Å². The van der Waals surface area contributed by atoms with Gasteiger partial charge in [0.05, 0.1) is 6.61 Å². The number of benzene rings is 1. The molecule has 2 fully saturated rings. The first-order chi connectivity index (χ1) is 13.1. The van der Waals surface area contributed by atoms with E-state index >= 15 is 0 Å². The van der Waals surface area contributed by atoms with Crippen molar-refractivity contribution in [2.24, 2.45) is 10.4 Å². The second kappa shape index (κ2) is 9.39.